The fourth-order valence-corrected chi connectivity index (χ4v) is 5.88. The van der Waals surface area contributed by atoms with E-state index in [0.717, 1.165) is 22.6 Å². The predicted octanol–water partition coefficient (Wildman–Crippen LogP) is 4.91. The first kappa shape index (κ1) is 23.6. The highest BCUT2D eigenvalue weighted by Gasteiger charge is 2.29. The van der Waals surface area contributed by atoms with Gasteiger partial charge in [-0.3, -0.25) is 0 Å². The Labute approximate surface area is 214 Å². The number of anilines is 3. The van der Waals surface area contributed by atoms with Crippen molar-refractivity contribution in [2.75, 3.05) is 29.9 Å². The van der Waals surface area contributed by atoms with Crippen LogP contribution in [-0.2, 0) is 4.74 Å². The fraction of sp³-hybridized carbons (Fsp3) is 0.200. The van der Waals surface area contributed by atoms with Crippen molar-refractivity contribution in [2.45, 2.75) is 18.9 Å². The minimum Gasteiger partial charge on any atom is -0.458 e. The van der Waals surface area contributed by atoms with Crippen LogP contribution in [0, 0.1) is 11.3 Å². The average Bonchev–Trinajstić information content (AvgIpc) is 3.52. The predicted molar refractivity (Wildman–Crippen MR) is 142 cm³/mol. The van der Waals surface area contributed by atoms with Gasteiger partial charge in [0.05, 0.1) is 5.69 Å². The van der Waals surface area contributed by atoms with Gasteiger partial charge >= 0.3 is 12.0 Å². The summed E-state index contributed by atoms with van der Waals surface area (Å²) in [5.74, 6) is -0.454. The van der Waals surface area contributed by atoms with E-state index in [-0.39, 0.29) is 34.1 Å². The van der Waals surface area contributed by atoms with Gasteiger partial charge in [0, 0.05) is 42.6 Å². The minimum atomic E-state index is -0.545. The average molecular weight is 519 g/mol. The number of esters is 1. The Balaban J connectivity index is 1.31. The number of nitrogens with one attached hydrogen (secondary N) is 1. The first-order valence-corrected chi connectivity index (χ1v) is 13.0. The molecule has 1 fully saturated rings. The molecule has 4 heterocycles. The van der Waals surface area contributed by atoms with Crippen molar-refractivity contribution in [1.29, 1.82) is 5.26 Å². The monoisotopic (exact) mass is 518 g/mol. The number of thiophene rings is 2. The van der Waals surface area contributed by atoms with Crippen molar-refractivity contribution in [3.05, 3.63) is 57.6 Å². The number of carbonyl (C=O) groups is 2. The van der Waals surface area contributed by atoms with Crippen molar-refractivity contribution in [3.8, 4) is 17.2 Å². The molecule has 0 atom stereocenters. The van der Waals surface area contributed by atoms with Gasteiger partial charge in [0.1, 0.15) is 33.3 Å². The summed E-state index contributed by atoms with van der Waals surface area (Å²) >= 11 is 2.58. The first-order chi connectivity index (χ1) is 17.5. The summed E-state index contributed by atoms with van der Waals surface area (Å²) in [5.41, 5.74) is 15.0. The van der Waals surface area contributed by atoms with Crippen LogP contribution in [0.5, 0.6) is 0 Å². The topological polar surface area (TPSA) is 147 Å². The van der Waals surface area contributed by atoms with Crippen molar-refractivity contribution in [2.24, 2.45) is 0 Å². The van der Waals surface area contributed by atoms with Gasteiger partial charge in [0.2, 0.25) is 0 Å². The number of nitriles is 1. The Bertz CT molecular complexity index is 1470. The number of fused-ring (bicyclic) bond motifs is 1. The van der Waals surface area contributed by atoms with Gasteiger partial charge in [-0.05, 0) is 34.5 Å². The van der Waals surface area contributed by atoms with Crippen LogP contribution >= 0.6 is 22.7 Å². The lowest BCUT2D eigenvalue weighted by Crippen LogP contribution is -2.43. The fourth-order valence-electron chi connectivity index (χ4n) is 4.24. The number of nitrogens with zero attached hydrogens (tertiary/aromatic N) is 3. The molecule has 36 heavy (non-hydrogen) atoms. The maximum absolute atomic E-state index is 13.1. The van der Waals surface area contributed by atoms with Crippen LogP contribution in [0.4, 0.5) is 22.0 Å². The van der Waals surface area contributed by atoms with Crippen LogP contribution in [0.25, 0.3) is 21.3 Å². The number of nitrogens with two attached hydrogens (primary N) is 2. The summed E-state index contributed by atoms with van der Waals surface area (Å²) in [5, 5.41) is 16.9. The molecule has 0 saturated carbocycles. The highest BCUT2D eigenvalue weighted by molar-refractivity contribution is 7.21. The molecule has 3 aromatic heterocycles. The largest absolute Gasteiger partial charge is 0.458 e. The lowest BCUT2D eigenvalue weighted by Gasteiger charge is -2.31. The SMILES string of the molecule is N#Cc1c(N)nc2sc(C(=O)OC3CCN(C(=O)Nc4ccccc4)CC3)c(N)c2c1-c1ccsc1. The number of piperidine rings is 1. The number of ether oxygens (including phenoxy) is 1. The van der Waals surface area contributed by atoms with Gasteiger partial charge in [-0.25, -0.2) is 14.6 Å². The van der Waals surface area contributed by atoms with E-state index in [1.807, 2.05) is 47.2 Å². The van der Waals surface area contributed by atoms with Crippen molar-refractivity contribution in [1.82, 2.24) is 9.88 Å². The lowest BCUT2D eigenvalue weighted by atomic mass is 9.99. The van der Waals surface area contributed by atoms with Crippen LogP contribution in [-0.4, -0.2) is 41.1 Å². The smallest absolute Gasteiger partial charge is 0.350 e. The van der Waals surface area contributed by atoms with E-state index in [9.17, 15) is 14.9 Å². The number of aromatic nitrogens is 1. The molecule has 5 N–H and O–H groups in total. The number of benzene rings is 1. The molecule has 1 saturated heterocycles. The molecule has 0 radical (unpaired) electrons. The number of rotatable bonds is 4. The molecule has 0 spiro atoms. The van der Waals surface area contributed by atoms with Crippen molar-refractivity contribution < 1.29 is 14.3 Å². The number of likely N-dealkylation sites (tertiary alicyclic amines) is 1. The number of nitrogen functional groups attached to an aromatic ring is 2. The molecule has 0 aliphatic carbocycles. The third kappa shape index (κ3) is 4.44. The summed E-state index contributed by atoms with van der Waals surface area (Å²) < 4.78 is 5.76. The molecule has 1 aromatic carbocycles. The van der Waals surface area contributed by atoms with E-state index < -0.39 is 5.97 Å². The third-order valence-corrected chi connectivity index (χ3v) is 7.80. The Hall–Kier alpha value is -4.14. The highest BCUT2D eigenvalue weighted by Crippen LogP contribution is 2.43. The summed E-state index contributed by atoms with van der Waals surface area (Å²) in [7, 11) is 0. The zero-order valence-electron chi connectivity index (χ0n) is 19.1. The number of carbonyl (C=O) groups excluding carboxylic acids is 2. The van der Waals surface area contributed by atoms with E-state index in [2.05, 4.69) is 16.4 Å². The molecule has 9 nitrogen and oxygen atoms in total. The Kier molecular flexibility index (Phi) is 6.45. The zero-order chi connectivity index (χ0) is 25.2. The highest BCUT2D eigenvalue weighted by atomic mass is 32.1. The lowest BCUT2D eigenvalue weighted by molar-refractivity contribution is 0.0164. The zero-order valence-corrected chi connectivity index (χ0v) is 20.7. The number of amides is 2. The second-order valence-electron chi connectivity index (χ2n) is 8.28. The number of hydrogen-bond acceptors (Lipinski definition) is 9. The van der Waals surface area contributed by atoms with Crippen LogP contribution in [0.1, 0.15) is 28.1 Å². The van der Waals surface area contributed by atoms with Crippen LogP contribution in [0.15, 0.2) is 47.2 Å². The minimum absolute atomic E-state index is 0.0912. The number of para-hydroxylation sites is 1. The molecule has 11 heteroatoms. The van der Waals surface area contributed by atoms with Crippen molar-refractivity contribution in [3.63, 3.8) is 0 Å². The van der Waals surface area contributed by atoms with E-state index in [1.54, 1.807) is 4.90 Å². The summed E-state index contributed by atoms with van der Waals surface area (Å²) in [6.07, 6.45) is 0.692. The molecule has 1 aliphatic heterocycles. The summed E-state index contributed by atoms with van der Waals surface area (Å²) in [6, 6.07) is 13.1. The van der Waals surface area contributed by atoms with E-state index in [4.69, 9.17) is 16.2 Å². The van der Waals surface area contributed by atoms with Gasteiger partial charge in [-0.15, -0.1) is 11.3 Å². The maximum Gasteiger partial charge on any atom is 0.350 e. The van der Waals surface area contributed by atoms with Crippen molar-refractivity contribution >= 4 is 62.1 Å². The second kappa shape index (κ2) is 9.85. The first-order valence-electron chi connectivity index (χ1n) is 11.2. The molecule has 0 unspecified atom stereocenters. The van der Waals surface area contributed by atoms with Gasteiger partial charge in [0.25, 0.3) is 0 Å². The van der Waals surface area contributed by atoms with Gasteiger partial charge in [-0.1, -0.05) is 18.2 Å². The maximum atomic E-state index is 13.1. The van der Waals surface area contributed by atoms with Crippen LogP contribution in [0.3, 0.4) is 0 Å². The van der Waals surface area contributed by atoms with E-state index in [0.29, 0.717) is 41.7 Å². The normalized spacial score (nSPS) is 13.9. The van der Waals surface area contributed by atoms with Crippen LogP contribution in [0.2, 0.25) is 0 Å². The summed E-state index contributed by atoms with van der Waals surface area (Å²) in [4.78, 5) is 32.4. The van der Waals surface area contributed by atoms with Gasteiger partial charge in [0.15, 0.2) is 0 Å². The van der Waals surface area contributed by atoms with Crippen LogP contribution < -0.4 is 16.8 Å². The molecule has 5 rings (SSSR count). The third-order valence-electron chi connectivity index (χ3n) is 6.04. The van der Waals surface area contributed by atoms with Gasteiger partial charge < -0.3 is 26.4 Å². The van der Waals surface area contributed by atoms with E-state index >= 15 is 0 Å². The molecule has 1 aliphatic rings. The quantitative estimate of drug-likeness (QED) is 0.325. The molecular weight excluding hydrogens is 496 g/mol. The Morgan fingerprint density at radius 2 is 1.92 bits per heavy atom. The van der Waals surface area contributed by atoms with Gasteiger partial charge in [-0.2, -0.15) is 16.6 Å². The Morgan fingerprint density at radius 1 is 1.17 bits per heavy atom. The number of hydrogen-bond donors (Lipinski definition) is 3. The molecule has 4 aromatic rings. The number of pyridine rings is 1. The Morgan fingerprint density at radius 3 is 2.58 bits per heavy atom. The molecule has 2 amide bonds. The molecule has 182 valence electrons. The standard InChI is InChI=1S/C25H22N6O3S2/c26-12-17-18(14-8-11-35-13-14)19-20(27)21(36-23(19)30-22(17)28)24(32)34-16-6-9-31(10-7-16)25(33)29-15-4-2-1-3-5-15/h1-5,8,11,13,16H,6-7,9-10,27H2,(H2,28,30)(H,29,33). The van der Waals surface area contributed by atoms with E-state index in [1.165, 1.54) is 11.3 Å². The second-order valence-corrected chi connectivity index (χ2v) is 10.1. The number of urea groups is 1. The summed E-state index contributed by atoms with van der Waals surface area (Å²) in [6.45, 7) is 0.925. The molecular formula is C25H22N6O3S2. The molecule has 0 bridgehead atoms.